The monoisotopic (exact) mass is 405 g/mol. The van der Waals surface area contributed by atoms with Gasteiger partial charge in [0, 0.05) is 12.5 Å². The van der Waals surface area contributed by atoms with Gasteiger partial charge < -0.3 is 4.74 Å². The minimum Gasteiger partial charge on any atom is -0.426 e. The zero-order chi connectivity index (χ0) is 21.2. The van der Waals surface area contributed by atoms with Crippen molar-refractivity contribution in [2.24, 2.45) is 0 Å². The van der Waals surface area contributed by atoms with Crippen molar-refractivity contribution < 1.29 is 14.5 Å². The molecule has 0 fully saturated rings. The fourth-order valence-corrected chi connectivity index (χ4v) is 3.48. The highest BCUT2D eigenvalue weighted by molar-refractivity contribution is 5.72. The lowest BCUT2D eigenvalue weighted by Gasteiger charge is -2.05. The maximum Gasteiger partial charge on any atom is 0.311 e. The van der Waals surface area contributed by atoms with Crippen LogP contribution in [0.15, 0.2) is 24.3 Å². The zero-order valence-corrected chi connectivity index (χ0v) is 18.2. The first kappa shape index (κ1) is 25.1. The molecule has 0 saturated carbocycles. The fourth-order valence-electron chi connectivity index (χ4n) is 3.48. The molecule has 0 N–H and O–H groups in total. The maximum atomic E-state index is 11.8. The molecule has 164 valence electrons. The van der Waals surface area contributed by atoms with Crippen molar-refractivity contribution >= 4 is 11.7 Å². The van der Waals surface area contributed by atoms with E-state index >= 15 is 0 Å². The summed E-state index contributed by atoms with van der Waals surface area (Å²) in [6, 6.07) is 5.75. The van der Waals surface area contributed by atoms with Crippen LogP contribution in [-0.2, 0) is 4.79 Å². The van der Waals surface area contributed by atoms with Crippen molar-refractivity contribution in [3.8, 4) is 5.75 Å². The summed E-state index contributed by atoms with van der Waals surface area (Å²) in [6.45, 7) is 2.26. The average Bonchev–Trinajstić information content (AvgIpc) is 2.71. The van der Waals surface area contributed by atoms with Gasteiger partial charge in [-0.2, -0.15) is 0 Å². The Bertz CT molecular complexity index is 574. The number of carbonyl (C=O) groups is 1. The van der Waals surface area contributed by atoms with Crippen LogP contribution < -0.4 is 4.74 Å². The van der Waals surface area contributed by atoms with E-state index in [-0.39, 0.29) is 17.4 Å². The Kier molecular flexibility index (Phi) is 14.7. The van der Waals surface area contributed by atoms with Crippen molar-refractivity contribution in [2.45, 2.75) is 110 Å². The summed E-state index contributed by atoms with van der Waals surface area (Å²) < 4.78 is 5.18. The molecule has 0 atom stereocenters. The van der Waals surface area contributed by atoms with E-state index in [0.717, 1.165) is 19.3 Å². The molecule has 0 aliphatic carbocycles. The van der Waals surface area contributed by atoms with Crippen LogP contribution in [0.3, 0.4) is 0 Å². The molecule has 0 amide bonds. The Morgan fingerprint density at radius 1 is 0.828 bits per heavy atom. The van der Waals surface area contributed by atoms with Gasteiger partial charge in [-0.25, -0.2) is 0 Å². The first-order valence-corrected chi connectivity index (χ1v) is 11.6. The van der Waals surface area contributed by atoms with E-state index in [1.807, 2.05) is 0 Å². The lowest BCUT2D eigenvalue weighted by molar-refractivity contribution is -0.384. The van der Waals surface area contributed by atoms with Gasteiger partial charge in [-0.05, 0) is 12.5 Å². The van der Waals surface area contributed by atoms with E-state index in [9.17, 15) is 14.9 Å². The molecule has 0 bridgehead atoms. The van der Waals surface area contributed by atoms with Gasteiger partial charge in [0.25, 0.3) is 5.69 Å². The first-order valence-electron chi connectivity index (χ1n) is 11.6. The first-order chi connectivity index (χ1) is 14.1. The molecule has 0 radical (unpaired) electrons. The molecule has 5 heteroatoms. The van der Waals surface area contributed by atoms with Gasteiger partial charge in [0.1, 0.15) is 5.75 Å². The molecule has 29 heavy (non-hydrogen) atoms. The zero-order valence-electron chi connectivity index (χ0n) is 18.2. The molecule has 0 heterocycles. The van der Waals surface area contributed by atoms with Gasteiger partial charge >= 0.3 is 5.97 Å². The van der Waals surface area contributed by atoms with E-state index in [4.69, 9.17) is 4.74 Å². The summed E-state index contributed by atoms with van der Waals surface area (Å²) in [5, 5.41) is 10.7. The van der Waals surface area contributed by atoms with Gasteiger partial charge in [0.05, 0.1) is 11.0 Å². The molecular formula is C24H39NO4. The van der Waals surface area contributed by atoms with E-state index in [1.54, 1.807) is 6.07 Å². The quantitative estimate of drug-likeness (QED) is 0.0822. The predicted octanol–water partition coefficient (Wildman–Crippen LogP) is 7.76. The second-order valence-corrected chi connectivity index (χ2v) is 7.93. The second kappa shape index (κ2) is 17.0. The highest BCUT2D eigenvalue weighted by Crippen LogP contribution is 2.20. The summed E-state index contributed by atoms with van der Waals surface area (Å²) in [5.74, 6) is -0.0784. The lowest BCUT2D eigenvalue weighted by Crippen LogP contribution is -2.07. The molecule has 5 nitrogen and oxygen atoms in total. The number of ether oxygens (including phenoxy) is 1. The Hall–Kier alpha value is -1.91. The number of hydrogen-bond donors (Lipinski definition) is 0. The van der Waals surface area contributed by atoms with E-state index in [1.165, 1.54) is 95.2 Å². The fraction of sp³-hybridized carbons (Fsp3) is 0.708. The van der Waals surface area contributed by atoms with Gasteiger partial charge in [0.15, 0.2) is 0 Å². The van der Waals surface area contributed by atoms with Gasteiger partial charge in [-0.15, -0.1) is 0 Å². The third-order valence-corrected chi connectivity index (χ3v) is 5.24. The summed E-state index contributed by atoms with van der Waals surface area (Å²) >= 11 is 0. The minimum atomic E-state index is -0.494. The summed E-state index contributed by atoms with van der Waals surface area (Å²) in [4.78, 5) is 22.1. The average molecular weight is 406 g/mol. The highest BCUT2D eigenvalue weighted by atomic mass is 16.6. The number of carbonyl (C=O) groups excluding carboxylic acids is 1. The van der Waals surface area contributed by atoms with Crippen LogP contribution in [0, 0.1) is 10.1 Å². The Labute approximate surface area is 176 Å². The number of esters is 1. The Balaban J connectivity index is 1.90. The molecule has 1 aromatic carbocycles. The SMILES string of the molecule is CCCCCCCCCCCCCCCCCC(=O)Oc1cccc([N+](=O)[O-])c1. The molecule has 0 aliphatic rings. The van der Waals surface area contributed by atoms with E-state index < -0.39 is 4.92 Å². The van der Waals surface area contributed by atoms with Gasteiger partial charge in [0.2, 0.25) is 0 Å². The standard InChI is InChI=1S/C24H39NO4/c1-2-3-4-5-6-7-8-9-10-11-12-13-14-15-16-20-24(26)29-23-19-17-18-22(21-23)25(27)28/h17-19,21H,2-16,20H2,1H3. The van der Waals surface area contributed by atoms with Crippen molar-refractivity contribution in [2.75, 3.05) is 0 Å². The molecular weight excluding hydrogens is 366 g/mol. The number of rotatable bonds is 18. The smallest absolute Gasteiger partial charge is 0.311 e. The summed E-state index contributed by atoms with van der Waals surface area (Å²) in [7, 11) is 0. The molecule has 0 aromatic heterocycles. The van der Waals surface area contributed by atoms with E-state index in [2.05, 4.69) is 6.92 Å². The van der Waals surface area contributed by atoms with Crippen LogP contribution in [0.5, 0.6) is 5.75 Å². The molecule has 0 saturated heterocycles. The molecule has 0 spiro atoms. The molecule has 0 unspecified atom stereocenters. The number of non-ortho nitro benzene ring substituents is 1. The lowest BCUT2D eigenvalue weighted by atomic mass is 10.0. The van der Waals surface area contributed by atoms with Crippen LogP contribution in [0.4, 0.5) is 5.69 Å². The van der Waals surface area contributed by atoms with Crippen LogP contribution >= 0.6 is 0 Å². The number of benzene rings is 1. The van der Waals surface area contributed by atoms with Crippen LogP contribution in [0.2, 0.25) is 0 Å². The minimum absolute atomic E-state index is 0.0673. The van der Waals surface area contributed by atoms with Gasteiger partial charge in [-0.1, -0.05) is 103 Å². The van der Waals surface area contributed by atoms with Crippen LogP contribution in [-0.4, -0.2) is 10.9 Å². The number of unbranched alkanes of at least 4 members (excludes halogenated alkanes) is 14. The Morgan fingerprint density at radius 3 is 1.79 bits per heavy atom. The normalized spacial score (nSPS) is 10.8. The summed E-state index contributed by atoms with van der Waals surface area (Å²) in [5.41, 5.74) is -0.0673. The van der Waals surface area contributed by atoms with E-state index in [0.29, 0.717) is 6.42 Å². The second-order valence-electron chi connectivity index (χ2n) is 7.93. The Morgan fingerprint density at radius 2 is 1.31 bits per heavy atom. The predicted molar refractivity (Wildman–Crippen MR) is 118 cm³/mol. The number of hydrogen-bond acceptors (Lipinski definition) is 4. The topological polar surface area (TPSA) is 69.4 Å². The van der Waals surface area contributed by atoms with Crippen molar-refractivity contribution in [3.63, 3.8) is 0 Å². The van der Waals surface area contributed by atoms with Gasteiger partial charge in [-0.3, -0.25) is 14.9 Å². The third-order valence-electron chi connectivity index (χ3n) is 5.24. The third kappa shape index (κ3) is 13.8. The molecule has 1 aromatic rings. The highest BCUT2D eigenvalue weighted by Gasteiger charge is 2.09. The van der Waals surface area contributed by atoms with Crippen LogP contribution in [0.1, 0.15) is 110 Å². The largest absolute Gasteiger partial charge is 0.426 e. The number of nitrogens with zero attached hydrogens (tertiary/aromatic N) is 1. The maximum absolute atomic E-state index is 11.8. The van der Waals surface area contributed by atoms with Crippen molar-refractivity contribution in [1.82, 2.24) is 0 Å². The molecule has 1 rings (SSSR count). The summed E-state index contributed by atoms with van der Waals surface area (Å²) in [6.07, 6.45) is 19.6. The van der Waals surface area contributed by atoms with Crippen LogP contribution in [0.25, 0.3) is 0 Å². The number of nitro benzene ring substituents is 1. The van der Waals surface area contributed by atoms with Crippen molar-refractivity contribution in [1.29, 1.82) is 0 Å². The van der Waals surface area contributed by atoms with Crippen molar-refractivity contribution in [3.05, 3.63) is 34.4 Å². The molecule has 0 aliphatic heterocycles. The number of nitro groups is 1.